The number of carbonyl (C=O) groups excluding carboxylic acids is 1. The van der Waals surface area contributed by atoms with Crippen LogP contribution >= 0.6 is 0 Å². The van der Waals surface area contributed by atoms with Gasteiger partial charge in [-0.1, -0.05) is 0 Å². The summed E-state index contributed by atoms with van der Waals surface area (Å²) in [7, 11) is 0. The van der Waals surface area contributed by atoms with Crippen LogP contribution in [0.25, 0.3) is 0 Å². The Morgan fingerprint density at radius 3 is 2.75 bits per heavy atom. The molecule has 20 heavy (non-hydrogen) atoms. The van der Waals surface area contributed by atoms with Crippen LogP contribution in [0.3, 0.4) is 0 Å². The van der Waals surface area contributed by atoms with Crippen molar-refractivity contribution in [1.82, 2.24) is 10.2 Å². The lowest BCUT2D eigenvalue weighted by Crippen LogP contribution is -2.39. The van der Waals surface area contributed by atoms with Crippen molar-refractivity contribution in [1.29, 1.82) is 0 Å². The summed E-state index contributed by atoms with van der Waals surface area (Å²) in [6.07, 6.45) is 2.09. The van der Waals surface area contributed by atoms with E-state index >= 15 is 0 Å². The van der Waals surface area contributed by atoms with Crippen LogP contribution in [0.4, 0.5) is 5.88 Å². The Bertz CT molecular complexity index is 480. The van der Waals surface area contributed by atoms with Crippen molar-refractivity contribution in [3.05, 3.63) is 28.0 Å². The number of furan rings is 1. The lowest BCUT2D eigenvalue weighted by Gasteiger charge is -2.28. The first-order chi connectivity index (χ1) is 9.61. The van der Waals surface area contributed by atoms with Gasteiger partial charge in [-0.25, -0.2) is 0 Å². The maximum absolute atomic E-state index is 12.3. The molecule has 1 N–H and O–H groups in total. The highest BCUT2D eigenvalue weighted by atomic mass is 16.6. The Hall–Kier alpha value is -1.89. The van der Waals surface area contributed by atoms with Crippen molar-refractivity contribution in [3.8, 4) is 0 Å². The lowest BCUT2D eigenvalue weighted by molar-refractivity contribution is -0.402. The zero-order valence-electron chi connectivity index (χ0n) is 11.5. The molecule has 0 radical (unpaired) electrons. The van der Waals surface area contributed by atoms with Crippen molar-refractivity contribution in [2.24, 2.45) is 5.92 Å². The summed E-state index contributed by atoms with van der Waals surface area (Å²) in [6.45, 7) is 5.09. The predicted octanol–water partition coefficient (Wildman–Crippen LogP) is 1.65. The summed E-state index contributed by atoms with van der Waals surface area (Å²) in [5.74, 6) is -0.164. The predicted molar refractivity (Wildman–Crippen MR) is 72.5 cm³/mol. The molecule has 1 aromatic rings. The molecule has 0 aromatic carbocycles. The molecule has 1 aliphatic rings. The van der Waals surface area contributed by atoms with Gasteiger partial charge in [0, 0.05) is 13.1 Å². The summed E-state index contributed by atoms with van der Waals surface area (Å²) < 4.78 is 4.98. The van der Waals surface area contributed by atoms with Gasteiger partial charge in [-0.3, -0.25) is 14.9 Å². The Morgan fingerprint density at radius 2 is 2.20 bits per heavy atom. The van der Waals surface area contributed by atoms with Gasteiger partial charge in [-0.05, 0) is 44.8 Å². The second kappa shape index (κ2) is 6.51. The van der Waals surface area contributed by atoms with Crippen LogP contribution in [0, 0.1) is 16.0 Å². The third kappa shape index (κ3) is 3.36. The van der Waals surface area contributed by atoms with Gasteiger partial charge in [0.2, 0.25) is 0 Å². The second-order valence-corrected chi connectivity index (χ2v) is 4.93. The molecule has 0 unspecified atom stereocenters. The number of nitrogens with one attached hydrogen (secondary N) is 1. The van der Waals surface area contributed by atoms with Crippen LogP contribution in [0.5, 0.6) is 0 Å². The first kappa shape index (κ1) is 14.5. The standard InChI is InChI=1S/C13H19N3O4/c1-2-15(9-10-5-7-14-8-6-10)13(17)11-3-4-12(20-11)16(18)19/h3-4,10,14H,2,5-9H2,1H3. The molecule has 1 amide bonds. The van der Waals surface area contributed by atoms with E-state index in [9.17, 15) is 14.9 Å². The normalized spacial score (nSPS) is 16.1. The maximum Gasteiger partial charge on any atom is 0.433 e. The van der Waals surface area contributed by atoms with E-state index in [1.807, 2.05) is 6.92 Å². The molecule has 0 aliphatic carbocycles. The number of nitro groups is 1. The Balaban J connectivity index is 2.01. The van der Waals surface area contributed by atoms with E-state index in [0.29, 0.717) is 19.0 Å². The van der Waals surface area contributed by atoms with Gasteiger partial charge < -0.3 is 14.6 Å². The second-order valence-electron chi connectivity index (χ2n) is 4.93. The fourth-order valence-electron chi connectivity index (χ4n) is 2.43. The number of amides is 1. The van der Waals surface area contributed by atoms with Gasteiger partial charge in [0.05, 0.1) is 6.07 Å². The summed E-state index contributed by atoms with van der Waals surface area (Å²) in [5, 5.41) is 13.9. The zero-order valence-corrected chi connectivity index (χ0v) is 11.5. The van der Waals surface area contributed by atoms with Gasteiger partial charge in [0.1, 0.15) is 4.92 Å². The minimum atomic E-state index is -0.639. The van der Waals surface area contributed by atoms with Crippen LogP contribution in [0.15, 0.2) is 16.5 Å². The molecule has 0 bridgehead atoms. The highest BCUT2D eigenvalue weighted by molar-refractivity contribution is 5.91. The van der Waals surface area contributed by atoms with Gasteiger partial charge >= 0.3 is 5.88 Å². The summed E-state index contributed by atoms with van der Waals surface area (Å²) in [6, 6.07) is 2.58. The molecule has 1 aromatic heterocycles. The van der Waals surface area contributed by atoms with Crippen LogP contribution in [0.2, 0.25) is 0 Å². The first-order valence-corrected chi connectivity index (χ1v) is 6.86. The smallest absolute Gasteiger partial charge is 0.395 e. The largest absolute Gasteiger partial charge is 0.433 e. The fraction of sp³-hybridized carbons (Fsp3) is 0.615. The van der Waals surface area contributed by atoms with Crippen LogP contribution < -0.4 is 5.32 Å². The Kier molecular flexibility index (Phi) is 4.73. The Morgan fingerprint density at radius 1 is 1.50 bits per heavy atom. The highest BCUT2D eigenvalue weighted by Crippen LogP contribution is 2.19. The van der Waals surface area contributed by atoms with Gasteiger partial charge in [0.15, 0.2) is 5.76 Å². The van der Waals surface area contributed by atoms with Crippen molar-refractivity contribution >= 4 is 11.8 Å². The van der Waals surface area contributed by atoms with Crippen molar-refractivity contribution in [2.45, 2.75) is 19.8 Å². The number of hydrogen-bond acceptors (Lipinski definition) is 5. The van der Waals surface area contributed by atoms with E-state index in [4.69, 9.17) is 4.42 Å². The van der Waals surface area contributed by atoms with Crippen LogP contribution in [-0.2, 0) is 0 Å². The number of piperidine rings is 1. The van der Waals surface area contributed by atoms with E-state index < -0.39 is 10.8 Å². The molecular formula is C13H19N3O4. The molecular weight excluding hydrogens is 262 g/mol. The topological polar surface area (TPSA) is 88.6 Å². The minimum absolute atomic E-state index is 0.0347. The molecule has 1 fully saturated rings. The van der Waals surface area contributed by atoms with Crippen molar-refractivity contribution in [3.63, 3.8) is 0 Å². The third-order valence-corrected chi connectivity index (χ3v) is 3.59. The van der Waals surface area contributed by atoms with Gasteiger partial charge in [-0.15, -0.1) is 0 Å². The Labute approximate surface area is 117 Å². The van der Waals surface area contributed by atoms with E-state index in [1.165, 1.54) is 12.1 Å². The van der Waals surface area contributed by atoms with Crippen LogP contribution in [-0.4, -0.2) is 41.9 Å². The number of rotatable bonds is 5. The third-order valence-electron chi connectivity index (χ3n) is 3.59. The molecule has 2 rings (SSSR count). The zero-order chi connectivity index (χ0) is 14.5. The monoisotopic (exact) mass is 281 g/mol. The highest BCUT2D eigenvalue weighted by Gasteiger charge is 2.24. The molecule has 7 heteroatoms. The average molecular weight is 281 g/mol. The molecule has 1 aliphatic heterocycles. The SMILES string of the molecule is CCN(CC1CCNCC1)C(=O)c1ccc([N+](=O)[O-])o1. The van der Waals surface area contributed by atoms with Crippen LogP contribution in [0.1, 0.15) is 30.3 Å². The number of hydrogen-bond donors (Lipinski definition) is 1. The molecule has 7 nitrogen and oxygen atoms in total. The van der Waals surface area contributed by atoms with E-state index in [-0.39, 0.29) is 11.7 Å². The van der Waals surface area contributed by atoms with E-state index in [0.717, 1.165) is 25.9 Å². The maximum atomic E-state index is 12.3. The van der Waals surface area contributed by atoms with Gasteiger partial charge in [-0.2, -0.15) is 0 Å². The number of nitrogens with zero attached hydrogens (tertiary/aromatic N) is 2. The fourth-order valence-corrected chi connectivity index (χ4v) is 2.43. The molecule has 110 valence electrons. The minimum Gasteiger partial charge on any atom is -0.395 e. The first-order valence-electron chi connectivity index (χ1n) is 6.86. The molecule has 2 heterocycles. The van der Waals surface area contributed by atoms with E-state index in [1.54, 1.807) is 4.90 Å². The quantitative estimate of drug-likeness (QED) is 0.655. The molecule has 0 spiro atoms. The molecule has 0 saturated carbocycles. The average Bonchev–Trinajstić information content (AvgIpc) is 2.95. The van der Waals surface area contributed by atoms with E-state index in [2.05, 4.69) is 5.32 Å². The summed E-state index contributed by atoms with van der Waals surface area (Å²) >= 11 is 0. The molecule has 0 atom stereocenters. The van der Waals surface area contributed by atoms with Gasteiger partial charge in [0.25, 0.3) is 5.91 Å². The lowest BCUT2D eigenvalue weighted by atomic mass is 9.97. The number of carbonyl (C=O) groups is 1. The van der Waals surface area contributed by atoms with Crippen molar-refractivity contribution < 1.29 is 14.1 Å². The summed E-state index contributed by atoms with van der Waals surface area (Å²) in [4.78, 5) is 23.9. The summed E-state index contributed by atoms with van der Waals surface area (Å²) in [5.41, 5.74) is 0. The van der Waals surface area contributed by atoms with Crippen molar-refractivity contribution in [2.75, 3.05) is 26.2 Å². The molecule has 1 saturated heterocycles.